The predicted octanol–water partition coefficient (Wildman–Crippen LogP) is 24.1. The van der Waals surface area contributed by atoms with Crippen LogP contribution in [0.1, 0.15) is 160 Å². The lowest BCUT2D eigenvalue weighted by Gasteiger charge is -2.41. The van der Waals surface area contributed by atoms with Gasteiger partial charge in [-0.15, -0.1) is 0 Å². The maximum Gasteiger partial charge on any atom is 0.410 e. The van der Waals surface area contributed by atoms with Crippen LogP contribution >= 0.6 is 62.3 Å². The highest BCUT2D eigenvalue weighted by Crippen LogP contribution is 2.48. The Morgan fingerprint density at radius 2 is 0.992 bits per heavy atom. The SMILES string of the molecule is CCOC(=O)N1CCc2c([nH]c3ccc(Cl)cc23)C1Cc1ccccc1.CCOC(=O)N1CCc2c([nH]c3ccc(F)cc23)C1c1ccc(Cl)cc1.COCC(=O)N1CCc2c([nH]c3ccc(Br)cc23)C1c1ccccc1.Clc1ccc2[nH]c3c(c2c1)CCN(Cc1ccco1)C3C1CCCCC1.Clc1ccc2[nH]c3c(c2c1)CCNC3c1ccc2c(c1)OCO2. The van der Waals surface area contributed by atoms with E-state index in [0.717, 1.165) is 161 Å². The van der Waals surface area contributed by atoms with Gasteiger partial charge in [0.25, 0.3) is 0 Å². The molecule has 0 spiro atoms. The standard InChI is InChI=1S/C22H25ClN2O.C21H21ClN2O2.C20H19BrN2O2.C20H18ClFN2O2.C18H15ClN2O2/c23-16-8-9-20-19(13-16)18-10-11-25(14-17-7-4-12-26-17)22(21(18)24-20)15-5-2-1-3-6-15;1-2-26-21(25)24-11-10-16-17-13-15(22)8-9-18(17)23-20(16)19(24)12-14-6-4-3-5-7-14;1-25-12-18(24)23-10-9-15-16-11-14(21)7-8-17(16)22-19(15)20(23)13-5-3-2-4-6-13;1-2-26-20(25)24-10-9-15-16-11-14(22)7-8-17(16)23-18(15)19(24)12-3-5-13(21)6-4-12;19-11-2-3-14-13(8-11)12-5-6-20-17(18(12)21-14)10-1-4-15-16(7-10)23-9-22-15/h4,7-9,12-13,15,22,24H,1-3,5-6,10-11,14H2;3-9,13,19,23H,2,10-12H2,1H3;2-8,11,20,22H,9-10,12H2,1H3;3-8,11,19,23H,2,9-10H2,1H3;1-4,7-8,17,20-21H,5-6,9H2. The molecule has 5 atom stereocenters. The van der Waals surface area contributed by atoms with Gasteiger partial charge in [-0.3, -0.25) is 19.5 Å². The summed E-state index contributed by atoms with van der Waals surface area (Å²) in [6.45, 7) is 9.46. The van der Waals surface area contributed by atoms with Gasteiger partial charge < -0.3 is 63.2 Å². The molecule has 6 aromatic heterocycles. The van der Waals surface area contributed by atoms with Crippen LogP contribution in [0.4, 0.5) is 14.0 Å². The van der Waals surface area contributed by atoms with E-state index >= 15 is 0 Å². The van der Waals surface area contributed by atoms with Crippen LogP contribution in [0.25, 0.3) is 54.5 Å². The summed E-state index contributed by atoms with van der Waals surface area (Å²) in [5.41, 5.74) is 21.9. The van der Waals surface area contributed by atoms with Crippen LogP contribution < -0.4 is 14.8 Å². The molecule has 0 saturated heterocycles. The van der Waals surface area contributed by atoms with Gasteiger partial charge in [-0.25, -0.2) is 14.0 Å². The number of hydrogen-bond donors (Lipinski definition) is 6. The van der Waals surface area contributed by atoms with Crippen molar-refractivity contribution >= 4 is 135 Å². The Morgan fingerprint density at radius 3 is 1.63 bits per heavy atom. The highest BCUT2D eigenvalue weighted by molar-refractivity contribution is 9.10. The van der Waals surface area contributed by atoms with E-state index in [-0.39, 0.29) is 54.7 Å². The third-order valence-electron chi connectivity index (χ3n) is 25.5. The van der Waals surface area contributed by atoms with E-state index in [0.29, 0.717) is 57.1 Å². The minimum absolute atomic E-state index is 0.0156. The third-order valence-corrected chi connectivity index (χ3v) is 26.9. The zero-order chi connectivity index (χ0) is 86.6. The normalized spacial score (nSPS) is 18.2. The molecule has 9 aromatic carbocycles. The second kappa shape index (κ2) is 38.3. The number of fused-ring (bicyclic) bond motifs is 16. The highest BCUT2D eigenvalue weighted by Gasteiger charge is 2.41. The van der Waals surface area contributed by atoms with Crippen LogP contribution in [-0.2, 0) is 64.1 Å². The number of nitrogens with one attached hydrogen (secondary N) is 6. The number of aromatic nitrogens is 5. The number of hydrogen-bond acceptors (Lipinski definition) is 11. The van der Waals surface area contributed by atoms with Gasteiger partial charge in [0.15, 0.2) is 11.5 Å². The Morgan fingerprint density at radius 1 is 0.484 bits per heavy atom. The molecule has 12 heterocycles. The lowest BCUT2D eigenvalue weighted by molar-refractivity contribution is -0.137. The van der Waals surface area contributed by atoms with Crippen molar-refractivity contribution < 1.29 is 46.9 Å². The van der Waals surface area contributed by atoms with Crippen molar-refractivity contribution in [2.24, 2.45) is 5.92 Å². The molecule has 7 aliphatic rings. The van der Waals surface area contributed by atoms with Crippen LogP contribution in [-0.4, -0.2) is 129 Å². The lowest BCUT2D eigenvalue weighted by Crippen LogP contribution is -2.42. The molecule has 1 fully saturated rings. The number of halogens is 6. The fourth-order valence-electron chi connectivity index (χ4n) is 19.9. The summed E-state index contributed by atoms with van der Waals surface area (Å²) in [4.78, 5) is 63.6. The van der Waals surface area contributed by atoms with Gasteiger partial charge in [-0.2, -0.15) is 0 Å². The van der Waals surface area contributed by atoms with E-state index in [9.17, 15) is 18.8 Å². The van der Waals surface area contributed by atoms with Crippen molar-refractivity contribution in [2.45, 2.75) is 121 Å². The van der Waals surface area contributed by atoms with Crippen molar-refractivity contribution in [3.8, 4) is 11.5 Å². The Hall–Kier alpha value is -11.0. The first-order valence-electron chi connectivity index (χ1n) is 43.4. The number of H-pyrrole nitrogens is 5. The summed E-state index contributed by atoms with van der Waals surface area (Å²) >= 11 is 28.3. The monoisotopic (exact) mass is 1830 g/mol. The second-order valence-corrected chi connectivity index (χ2v) is 35.6. The van der Waals surface area contributed by atoms with Crippen molar-refractivity contribution in [2.75, 3.05) is 66.4 Å². The van der Waals surface area contributed by atoms with Gasteiger partial charge in [-0.1, -0.05) is 160 Å². The van der Waals surface area contributed by atoms with Gasteiger partial charge in [0, 0.05) is 147 Å². The number of carbonyl (C=O) groups excluding carboxylic acids is 3. The van der Waals surface area contributed by atoms with Crippen molar-refractivity contribution in [1.29, 1.82) is 0 Å². The smallest absolute Gasteiger partial charge is 0.410 e. The van der Waals surface area contributed by atoms with Gasteiger partial charge >= 0.3 is 12.2 Å². The molecule has 19 nitrogen and oxygen atoms in total. The number of furan rings is 1. The molecule has 1 saturated carbocycles. The molecule has 0 radical (unpaired) electrons. The predicted molar refractivity (Wildman–Crippen MR) is 499 cm³/mol. The van der Waals surface area contributed by atoms with E-state index in [1.54, 1.807) is 49.5 Å². The molecular weight excluding hydrogens is 1740 g/mol. The van der Waals surface area contributed by atoms with E-state index in [1.165, 1.54) is 105 Å². The molecule has 126 heavy (non-hydrogen) atoms. The zero-order valence-electron chi connectivity index (χ0n) is 70.3. The first kappa shape index (κ1) is 85.8. The van der Waals surface area contributed by atoms with Gasteiger partial charge in [0.2, 0.25) is 12.7 Å². The summed E-state index contributed by atoms with van der Waals surface area (Å²) in [5.74, 6) is 3.16. The molecule has 6 aliphatic heterocycles. The molecule has 648 valence electrons. The first-order chi connectivity index (χ1) is 61.5. The third kappa shape index (κ3) is 18.0. The van der Waals surface area contributed by atoms with Crippen LogP contribution in [0.2, 0.25) is 20.1 Å². The van der Waals surface area contributed by atoms with E-state index < -0.39 is 0 Å². The summed E-state index contributed by atoms with van der Waals surface area (Å²) in [6.07, 6.45) is 13.0. The van der Waals surface area contributed by atoms with E-state index in [1.807, 2.05) is 126 Å². The fourth-order valence-corrected chi connectivity index (χ4v) is 20.9. The Bertz CT molecular complexity index is 6430. The maximum atomic E-state index is 13.7. The number of rotatable bonds is 12. The highest BCUT2D eigenvalue weighted by atomic mass is 79.9. The Labute approximate surface area is 758 Å². The Balaban J connectivity index is 0.000000107. The summed E-state index contributed by atoms with van der Waals surface area (Å²) in [7, 11) is 1.56. The quantitative estimate of drug-likeness (QED) is 0.0677. The molecular formula is C101H98BrCl4FN10O9. The summed E-state index contributed by atoms with van der Waals surface area (Å²) < 4.78 is 47.1. The zero-order valence-corrected chi connectivity index (χ0v) is 74.9. The van der Waals surface area contributed by atoms with Crippen molar-refractivity contribution in [3.63, 3.8) is 0 Å². The number of carbonyl (C=O) groups is 3. The Kier molecular flexibility index (Phi) is 26.1. The molecule has 15 aromatic rings. The largest absolute Gasteiger partial charge is 0.468 e. The minimum atomic E-state index is -0.358. The fraction of sp³-hybridized carbons (Fsp3) is 0.297. The average Bonchev–Trinajstić information content (AvgIpc) is 1.62. The van der Waals surface area contributed by atoms with Gasteiger partial charge in [0.05, 0.1) is 50.2 Å². The van der Waals surface area contributed by atoms with Gasteiger partial charge in [0.1, 0.15) is 24.2 Å². The lowest BCUT2D eigenvalue weighted by atomic mass is 9.79. The van der Waals surface area contributed by atoms with Gasteiger partial charge in [-0.05, 0) is 249 Å². The van der Waals surface area contributed by atoms with Crippen LogP contribution in [0, 0.1) is 11.7 Å². The number of amides is 3. The molecule has 3 amide bonds. The second-order valence-electron chi connectivity index (χ2n) is 33.0. The number of aromatic amines is 5. The topological polar surface area (TPSA) is 214 Å². The average molecular weight is 1840 g/mol. The molecule has 25 heteroatoms. The molecule has 5 unspecified atom stereocenters. The van der Waals surface area contributed by atoms with Crippen LogP contribution in [0.3, 0.4) is 0 Å². The molecule has 22 rings (SSSR count). The number of nitrogens with zero attached hydrogens (tertiary/aromatic N) is 4. The molecule has 6 N–H and O–H groups in total. The number of benzene rings is 9. The maximum absolute atomic E-state index is 13.7. The van der Waals surface area contributed by atoms with E-state index in [2.05, 4.69) is 118 Å². The summed E-state index contributed by atoms with van der Waals surface area (Å²) in [5, 5.41) is 12.3. The van der Waals surface area contributed by atoms with Crippen LogP contribution in [0.15, 0.2) is 221 Å². The minimum Gasteiger partial charge on any atom is -0.468 e. The first-order valence-corrected chi connectivity index (χ1v) is 45.7. The molecule has 0 bridgehead atoms. The van der Waals surface area contributed by atoms with E-state index in [4.69, 9.17) is 74.5 Å². The van der Waals surface area contributed by atoms with Crippen molar-refractivity contribution in [3.05, 3.63) is 327 Å². The van der Waals surface area contributed by atoms with Crippen LogP contribution in [0.5, 0.6) is 11.5 Å². The number of ether oxygens (including phenoxy) is 5. The molecule has 1 aliphatic carbocycles. The van der Waals surface area contributed by atoms with Crippen molar-refractivity contribution in [1.82, 2.24) is 49.8 Å². The summed E-state index contributed by atoms with van der Waals surface area (Å²) in [6, 6.07) is 67.3. The number of methoxy groups -OCH3 is 1.